The molecule has 1 aromatic heterocycles. The summed E-state index contributed by atoms with van der Waals surface area (Å²) in [4.78, 5) is 4.09. The summed E-state index contributed by atoms with van der Waals surface area (Å²) in [6, 6.07) is 0. The average Bonchev–Trinajstić information content (AvgIpc) is 2.35. The van der Waals surface area contributed by atoms with Gasteiger partial charge in [-0.05, 0) is 0 Å². The molecule has 1 unspecified atom stereocenters. The second-order valence-electron chi connectivity index (χ2n) is 2.02. The van der Waals surface area contributed by atoms with E-state index < -0.39 is 0 Å². The maximum atomic E-state index is 5.64. The molecule has 0 amide bonds. The number of halogens is 2. The van der Waals surface area contributed by atoms with E-state index in [0.29, 0.717) is 16.3 Å². The summed E-state index contributed by atoms with van der Waals surface area (Å²) >= 11 is 14.5. The fraction of sp³-hybridized carbons (Fsp3) is 0.500. The first-order valence-corrected chi connectivity index (χ1v) is 5.73. The van der Waals surface area contributed by atoms with Gasteiger partial charge in [-0.25, -0.2) is 4.98 Å². The topological polar surface area (TPSA) is 12.9 Å². The minimum absolute atomic E-state index is 0.402. The van der Waals surface area contributed by atoms with E-state index in [9.17, 15) is 0 Å². The quantitative estimate of drug-likeness (QED) is 0.580. The average molecular weight is 228 g/mol. The molecule has 0 aliphatic carbocycles. The second-order valence-corrected chi connectivity index (χ2v) is 5.26. The predicted octanol–water partition coefficient (Wildman–Crippen LogP) is 3.52. The van der Waals surface area contributed by atoms with Crippen molar-refractivity contribution in [2.75, 3.05) is 5.88 Å². The molecular weight excluding hydrogens is 221 g/mol. The number of thiazole rings is 1. The van der Waals surface area contributed by atoms with E-state index in [0.717, 1.165) is 4.34 Å². The minimum Gasteiger partial charge on any atom is -0.218 e. The predicted molar refractivity (Wildman–Crippen MR) is 53.2 cm³/mol. The summed E-state index contributed by atoms with van der Waals surface area (Å²) in [5.74, 6) is 0.641. The molecule has 0 saturated heterocycles. The molecule has 0 N–H and O–H groups in total. The zero-order chi connectivity index (χ0) is 8.27. The molecule has 1 rings (SSSR count). The van der Waals surface area contributed by atoms with E-state index in [-0.39, 0.29) is 0 Å². The van der Waals surface area contributed by atoms with Gasteiger partial charge in [-0.2, -0.15) is 0 Å². The summed E-state index contributed by atoms with van der Waals surface area (Å²) in [5, 5.41) is 2.79. The Labute approximate surface area is 84.1 Å². The van der Waals surface area contributed by atoms with Crippen LogP contribution in [0.25, 0.3) is 0 Å². The maximum absolute atomic E-state index is 5.64. The van der Waals surface area contributed by atoms with Crippen molar-refractivity contribution in [2.45, 2.75) is 16.5 Å². The van der Waals surface area contributed by atoms with E-state index >= 15 is 0 Å². The molecule has 0 fully saturated rings. The highest BCUT2D eigenvalue weighted by molar-refractivity contribution is 8.01. The molecule has 5 heteroatoms. The first-order chi connectivity index (χ1) is 5.22. The largest absolute Gasteiger partial charge is 0.218 e. The Morgan fingerprint density at radius 1 is 1.82 bits per heavy atom. The van der Waals surface area contributed by atoms with Crippen molar-refractivity contribution in [3.05, 3.63) is 10.5 Å². The molecule has 0 saturated carbocycles. The molecule has 0 aliphatic rings. The number of nitrogens with zero attached hydrogens (tertiary/aromatic N) is 1. The molecule has 0 aliphatic heterocycles. The van der Waals surface area contributed by atoms with E-state index in [1.54, 1.807) is 23.1 Å². The molecule has 0 aromatic carbocycles. The third-order valence-corrected chi connectivity index (χ3v) is 4.02. The summed E-state index contributed by atoms with van der Waals surface area (Å²) < 4.78 is 0.989. The highest BCUT2D eigenvalue weighted by Crippen LogP contribution is 2.28. The Balaban J connectivity index is 2.50. The lowest BCUT2D eigenvalue weighted by atomic mass is 10.6. The van der Waals surface area contributed by atoms with Crippen molar-refractivity contribution in [1.29, 1.82) is 0 Å². The monoisotopic (exact) mass is 227 g/mol. The van der Waals surface area contributed by atoms with Gasteiger partial charge in [-0.3, -0.25) is 0 Å². The van der Waals surface area contributed by atoms with Gasteiger partial charge in [0.05, 0.1) is 0 Å². The Hall–Kier alpha value is 0.560. The smallest absolute Gasteiger partial charge is 0.151 e. The maximum Gasteiger partial charge on any atom is 0.151 e. The minimum atomic E-state index is 0.402. The number of hydrogen-bond donors (Lipinski definition) is 0. The molecule has 11 heavy (non-hydrogen) atoms. The van der Waals surface area contributed by atoms with Crippen LogP contribution in [-0.2, 0) is 0 Å². The van der Waals surface area contributed by atoms with Gasteiger partial charge in [0.15, 0.2) is 4.34 Å². The van der Waals surface area contributed by atoms with Gasteiger partial charge in [0, 0.05) is 16.5 Å². The van der Waals surface area contributed by atoms with Crippen LogP contribution in [0.2, 0.25) is 5.15 Å². The van der Waals surface area contributed by atoms with Crippen molar-refractivity contribution in [2.24, 2.45) is 0 Å². The molecule has 1 heterocycles. The van der Waals surface area contributed by atoms with Crippen molar-refractivity contribution in [1.82, 2.24) is 4.98 Å². The molecule has 1 nitrogen and oxygen atoms in total. The van der Waals surface area contributed by atoms with Gasteiger partial charge in [-0.1, -0.05) is 30.3 Å². The molecule has 0 bridgehead atoms. The van der Waals surface area contributed by atoms with Gasteiger partial charge < -0.3 is 0 Å². The van der Waals surface area contributed by atoms with Gasteiger partial charge in [-0.15, -0.1) is 22.9 Å². The first-order valence-electron chi connectivity index (χ1n) is 3.06. The van der Waals surface area contributed by atoms with Crippen LogP contribution in [0.15, 0.2) is 9.72 Å². The van der Waals surface area contributed by atoms with Crippen molar-refractivity contribution >= 4 is 46.3 Å². The third-order valence-electron chi connectivity index (χ3n) is 0.974. The third kappa shape index (κ3) is 3.20. The van der Waals surface area contributed by atoms with Crippen LogP contribution in [0.3, 0.4) is 0 Å². The van der Waals surface area contributed by atoms with Crippen molar-refractivity contribution in [3.8, 4) is 0 Å². The normalized spacial score (nSPS) is 13.4. The first kappa shape index (κ1) is 9.65. The van der Waals surface area contributed by atoms with Crippen LogP contribution in [0.5, 0.6) is 0 Å². The van der Waals surface area contributed by atoms with Gasteiger partial charge in [0.2, 0.25) is 0 Å². The molecule has 1 atom stereocenters. The number of hydrogen-bond acceptors (Lipinski definition) is 3. The van der Waals surface area contributed by atoms with Gasteiger partial charge in [0.25, 0.3) is 0 Å². The fourth-order valence-electron chi connectivity index (χ4n) is 0.497. The van der Waals surface area contributed by atoms with Crippen LogP contribution in [0, 0.1) is 0 Å². The molecule has 62 valence electrons. The Kier molecular flexibility index (Phi) is 3.99. The number of alkyl halides is 1. The van der Waals surface area contributed by atoms with Crippen LogP contribution in [0.1, 0.15) is 6.92 Å². The van der Waals surface area contributed by atoms with E-state index in [1.807, 2.05) is 5.38 Å². The van der Waals surface area contributed by atoms with Crippen LogP contribution in [-0.4, -0.2) is 16.1 Å². The lowest BCUT2D eigenvalue weighted by molar-refractivity contribution is 1.11. The Morgan fingerprint density at radius 3 is 3.00 bits per heavy atom. The fourth-order valence-corrected chi connectivity index (χ4v) is 2.82. The summed E-state index contributed by atoms with van der Waals surface area (Å²) in [6.45, 7) is 2.06. The Bertz CT molecular complexity index is 226. The summed E-state index contributed by atoms with van der Waals surface area (Å²) in [6.07, 6.45) is 0. The number of thioether (sulfide) groups is 1. The number of rotatable bonds is 3. The SMILES string of the molecule is CC(CCl)Sc1nc(Cl)cs1. The molecule has 0 radical (unpaired) electrons. The zero-order valence-corrected chi connectivity index (χ0v) is 9.03. The number of aromatic nitrogens is 1. The Morgan fingerprint density at radius 2 is 2.55 bits per heavy atom. The van der Waals surface area contributed by atoms with Crippen molar-refractivity contribution < 1.29 is 0 Å². The zero-order valence-electron chi connectivity index (χ0n) is 5.88. The van der Waals surface area contributed by atoms with Gasteiger partial charge in [0.1, 0.15) is 5.15 Å². The van der Waals surface area contributed by atoms with E-state index in [1.165, 1.54) is 0 Å². The molecular formula is C6H7Cl2NS2. The van der Waals surface area contributed by atoms with E-state index in [4.69, 9.17) is 23.2 Å². The highest BCUT2D eigenvalue weighted by atomic mass is 35.5. The molecule has 1 aromatic rings. The highest BCUT2D eigenvalue weighted by Gasteiger charge is 2.05. The standard InChI is InChI=1S/C6H7Cl2NS2/c1-4(2-7)11-6-9-5(8)3-10-6/h3-4H,2H2,1H3. The van der Waals surface area contributed by atoms with Crippen LogP contribution < -0.4 is 0 Å². The van der Waals surface area contributed by atoms with E-state index in [2.05, 4.69) is 11.9 Å². The summed E-state index contributed by atoms with van der Waals surface area (Å²) in [7, 11) is 0. The second kappa shape index (κ2) is 4.55. The van der Waals surface area contributed by atoms with Crippen LogP contribution >= 0.6 is 46.3 Å². The molecule has 0 spiro atoms. The lowest BCUT2D eigenvalue weighted by Gasteiger charge is -2.01. The van der Waals surface area contributed by atoms with Crippen molar-refractivity contribution in [3.63, 3.8) is 0 Å². The summed E-state index contributed by atoms with van der Waals surface area (Å²) in [5.41, 5.74) is 0. The van der Waals surface area contributed by atoms with Gasteiger partial charge >= 0.3 is 0 Å². The van der Waals surface area contributed by atoms with Crippen LogP contribution in [0.4, 0.5) is 0 Å². The lowest BCUT2D eigenvalue weighted by Crippen LogP contribution is -1.95.